The number of nitrogens with one attached hydrogen (secondary N) is 2. The second-order valence-electron chi connectivity index (χ2n) is 4.60. The van der Waals surface area contributed by atoms with Gasteiger partial charge in [0.2, 0.25) is 0 Å². The minimum atomic E-state index is 0.309. The fraction of sp³-hybridized carbons (Fsp3) is 0.667. The summed E-state index contributed by atoms with van der Waals surface area (Å²) in [6.45, 7) is 4.34. The van der Waals surface area contributed by atoms with Crippen LogP contribution in [0.25, 0.3) is 0 Å². The van der Waals surface area contributed by atoms with Crippen molar-refractivity contribution < 1.29 is 4.74 Å². The summed E-state index contributed by atoms with van der Waals surface area (Å²) < 4.78 is 7.39. The highest BCUT2D eigenvalue weighted by atomic mass is 32.1. The van der Waals surface area contributed by atoms with E-state index in [0.29, 0.717) is 17.8 Å². The van der Waals surface area contributed by atoms with Crippen molar-refractivity contribution in [1.82, 2.24) is 20.4 Å². The number of rotatable bonds is 4. The molecule has 1 aliphatic heterocycles. The van der Waals surface area contributed by atoms with E-state index in [2.05, 4.69) is 21.8 Å². The maximum Gasteiger partial charge on any atom is 0.166 e. The molecule has 1 aromatic rings. The number of aryl methyl sites for hydroxylation is 2. The highest BCUT2D eigenvalue weighted by Gasteiger charge is 2.15. The molecule has 1 saturated heterocycles. The van der Waals surface area contributed by atoms with Crippen LogP contribution in [0.15, 0.2) is 6.07 Å². The number of aromatic nitrogens is 2. The van der Waals surface area contributed by atoms with Crippen LogP contribution in [0.4, 0.5) is 0 Å². The molecular formula is C12H20N4OS. The van der Waals surface area contributed by atoms with Crippen molar-refractivity contribution in [3.63, 3.8) is 0 Å². The third-order valence-electron chi connectivity index (χ3n) is 3.04. The van der Waals surface area contributed by atoms with Gasteiger partial charge in [-0.2, -0.15) is 5.10 Å². The van der Waals surface area contributed by atoms with Gasteiger partial charge in [0.1, 0.15) is 0 Å². The van der Waals surface area contributed by atoms with Crippen molar-refractivity contribution in [2.75, 3.05) is 13.2 Å². The summed E-state index contributed by atoms with van der Waals surface area (Å²) >= 11 is 5.23. The number of hydrogen-bond acceptors (Lipinski definition) is 3. The standard InChI is InChI=1S/C12H20N4OS/c1-9-6-10(16(2)15-9)7-13-12(18)14-8-11-4-3-5-17-11/h6,11H,3-5,7-8H2,1-2H3,(H2,13,14,18). The van der Waals surface area contributed by atoms with Gasteiger partial charge < -0.3 is 15.4 Å². The van der Waals surface area contributed by atoms with E-state index in [1.807, 2.05) is 18.7 Å². The second-order valence-corrected chi connectivity index (χ2v) is 5.01. The quantitative estimate of drug-likeness (QED) is 0.794. The molecule has 0 spiro atoms. The SMILES string of the molecule is Cc1cc(CNC(=S)NCC2CCCO2)n(C)n1. The maximum atomic E-state index is 5.52. The Bertz CT molecular complexity index is 412. The minimum absolute atomic E-state index is 0.309. The zero-order chi connectivity index (χ0) is 13.0. The predicted octanol–water partition coefficient (Wildman–Crippen LogP) is 0.872. The molecule has 1 aromatic heterocycles. The van der Waals surface area contributed by atoms with Gasteiger partial charge in [-0.05, 0) is 38.0 Å². The van der Waals surface area contributed by atoms with Gasteiger partial charge in [0, 0.05) is 20.2 Å². The van der Waals surface area contributed by atoms with Crippen LogP contribution in [0, 0.1) is 6.92 Å². The molecular weight excluding hydrogens is 248 g/mol. The highest BCUT2D eigenvalue weighted by molar-refractivity contribution is 7.80. The summed E-state index contributed by atoms with van der Waals surface area (Å²) in [7, 11) is 1.94. The highest BCUT2D eigenvalue weighted by Crippen LogP contribution is 2.10. The first-order valence-corrected chi connectivity index (χ1v) is 6.69. The van der Waals surface area contributed by atoms with Gasteiger partial charge in [0.25, 0.3) is 0 Å². The monoisotopic (exact) mass is 268 g/mol. The zero-order valence-electron chi connectivity index (χ0n) is 10.9. The van der Waals surface area contributed by atoms with Crippen molar-refractivity contribution in [2.24, 2.45) is 7.05 Å². The van der Waals surface area contributed by atoms with E-state index in [4.69, 9.17) is 17.0 Å². The molecule has 0 aliphatic carbocycles. The molecule has 1 atom stereocenters. The van der Waals surface area contributed by atoms with Gasteiger partial charge >= 0.3 is 0 Å². The Morgan fingerprint density at radius 1 is 1.61 bits per heavy atom. The van der Waals surface area contributed by atoms with Gasteiger partial charge in [0.15, 0.2) is 5.11 Å². The van der Waals surface area contributed by atoms with E-state index >= 15 is 0 Å². The first-order valence-electron chi connectivity index (χ1n) is 6.28. The lowest BCUT2D eigenvalue weighted by Gasteiger charge is -2.13. The van der Waals surface area contributed by atoms with Crippen molar-refractivity contribution in [1.29, 1.82) is 0 Å². The van der Waals surface area contributed by atoms with E-state index in [-0.39, 0.29) is 0 Å². The Morgan fingerprint density at radius 2 is 2.44 bits per heavy atom. The van der Waals surface area contributed by atoms with E-state index in [9.17, 15) is 0 Å². The van der Waals surface area contributed by atoms with Crippen LogP contribution in [0.5, 0.6) is 0 Å². The van der Waals surface area contributed by atoms with E-state index in [1.165, 1.54) is 0 Å². The Labute approximate surface area is 113 Å². The fourth-order valence-corrected chi connectivity index (χ4v) is 2.23. The molecule has 2 N–H and O–H groups in total. The molecule has 1 unspecified atom stereocenters. The van der Waals surface area contributed by atoms with Gasteiger partial charge in [-0.1, -0.05) is 0 Å². The van der Waals surface area contributed by atoms with Gasteiger partial charge in [-0.25, -0.2) is 0 Å². The van der Waals surface area contributed by atoms with E-state index in [1.54, 1.807) is 0 Å². The average molecular weight is 268 g/mol. The van der Waals surface area contributed by atoms with Crippen LogP contribution in [-0.4, -0.2) is 34.1 Å². The van der Waals surface area contributed by atoms with Gasteiger partial charge in [-0.15, -0.1) is 0 Å². The Kier molecular flexibility index (Phi) is 4.54. The topological polar surface area (TPSA) is 51.1 Å². The molecule has 2 heterocycles. The molecule has 1 aliphatic rings. The van der Waals surface area contributed by atoms with Crippen LogP contribution in [0.1, 0.15) is 24.2 Å². The number of thiocarbonyl (C=S) groups is 1. The minimum Gasteiger partial charge on any atom is -0.376 e. The Balaban J connectivity index is 1.69. The molecule has 0 saturated carbocycles. The van der Waals surface area contributed by atoms with Crippen molar-refractivity contribution in [3.8, 4) is 0 Å². The lowest BCUT2D eigenvalue weighted by molar-refractivity contribution is 0.114. The zero-order valence-corrected chi connectivity index (χ0v) is 11.7. The largest absolute Gasteiger partial charge is 0.376 e. The molecule has 0 amide bonds. The molecule has 6 heteroatoms. The molecule has 1 fully saturated rings. The summed E-state index contributed by atoms with van der Waals surface area (Å²) in [6, 6.07) is 2.05. The lowest BCUT2D eigenvalue weighted by atomic mass is 10.2. The summed E-state index contributed by atoms with van der Waals surface area (Å²) in [4.78, 5) is 0. The molecule has 0 bridgehead atoms. The van der Waals surface area contributed by atoms with Crippen LogP contribution < -0.4 is 10.6 Å². The second kappa shape index (κ2) is 6.15. The third-order valence-corrected chi connectivity index (χ3v) is 3.33. The van der Waals surface area contributed by atoms with Crippen LogP contribution >= 0.6 is 12.2 Å². The first kappa shape index (κ1) is 13.3. The Hall–Kier alpha value is -1.14. The van der Waals surface area contributed by atoms with Crippen molar-refractivity contribution in [3.05, 3.63) is 17.5 Å². The van der Waals surface area contributed by atoms with Crippen LogP contribution in [-0.2, 0) is 18.3 Å². The lowest BCUT2D eigenvalue weighted by Crippen LogP contribution is -2.39. The summed E-state index contributed by atoms with van der Waals surface area (Å²) in [5.41, 5.74) is 2.14. The third kappa shape index (κ3) is 3.68. The van der Waals surface area contributed by atoms with Crippen LogP contribution in [0.3, 0.4) is 0 Å². The predicted molar refractivity (Wildman–Crippen MR) is 74.4 cm³/mol. The van der Waals surface area contributed by atoms with E-state index in [0.717, 1.165) is 37.4 Å². The molecule has 5 nitrogen and oxygen atoms in total. The maximum absolute atomic E-state index is 5.52. The van der Waals surface area contributed by atoms with Crippen LogP contribution in [0.2, 0.25) is 0 Å². The van der Waals surface area contributed by atoms with Gasteiger partial charge in [0.05, 0.1) is 24.0 Å². The van der Waals surface area contributed by atoms with E-state index < -0.39 is 0 Å². The molecule has 0 radical (unpaired) electrons. The molecule has 0 aromatic carbocycles. The van der Waals surface area contributed by atoms with Crippen molar-refractivity contribution in [2.45, 2.75) is 32.4 Å². The first-order chi connectivity index (χ1) is 8.65. The smallest absolute Gasteiger partial charge is 0.166 e. The summed E-state index contributed by atoms with van der Waals surface area (Å²) in [5, 5.41) is 11.3. The normalized spacial score (nSPS) is 18.9. The number of hydrogen-bond donors (Lipinski definition) is 2. The molecule has 100 valence electrons. The number of nitrogens with zero attached hydrogens (tertiary/aromatic N) is 2. The molecule has 18 heavy (non-hydrogen) atoms. The summed E-state index contributed by atoms with van der Waals surface area (Å²) in [5.74, 6) is 0. The Morgan fingerprint density at radius 3 is 3.06 bits per heavy atom. The van der Waals surface area contributed by atoms with Crippen molar-refractivity contribution >= 4 is 17.3 Å². The average Bonchev–Trinajstić information content (AvgIpc) is 2.94. The molecule has 2 rings (SSSR count). The number of ether oxygens (including phenoxy) is 1. The summed E-state index contributed by atoms with van der Waals surface area (Å²) in [6.07, 6.45) is 2.58. The fourth-order valence-electron chi connectivity index (χ4n) is 2.07. The van der Waals surface area contributed by atoms with Gasteiger partial charge in [-0.3, -0.25) is 4.68 Å².